The lowest BCUT2D eigenvalue weighted by molar-refractivity contribution is -0.385. The van der Waals surface area contributed by atoms with Gasteiger partial charge in [-0.1, -0.05) is 36.4 Å². The van der Waals surface area contributed by atoms with Gasteiger partial charge in [0.2, 0.25) is 0 Å². The van der Waals surface area contributed by atoms with Gasteiger partial charge in [-0.3, -0.25) is 19.5 Å². The van der Waals surface area contributed by atoms with Crippen molar-refractivity contribution in [1.29, 1.82) is 0 Å². The van der Waals surface area contributed by atoms with Crippen LogP contribution in [0.2, 0.25) is 0 Å². The largest absolute Gasteiger partial charge is 0.346 e. The third-order valence-corrected chi connectivity index (χ3v) is 6.12. The molecule has 0 amide bonds. The summed E-state index contributed by atoms with van der Waals surface area (Å²) in [7, 11) is 0. The summed E-state index contributed by atoms with van der Waals surface area (Å²) in [5.74, 6) is -0.127. The van der Waals surface area contributed by atoms with Crippen molar-refractivity contribution in [2.75, 3.05) is 11.4 Å². The van der Waals surface area contributed by atoms with Crippen LogP contribution in [0.3, 0.4) is 0 Å². The third-order valence-electron chi connectivity index (χ3n) is 5.45. The fourth-order valence-electron chi connectivity index (χ4n) is 3.94. The lowest BCUT2D eigenvalue weighted by Gasteiger charge is -2.20. The number of fused-ring (bicyclic) bond motifs is 1. The Kier molecular flexibility index (Phi) is 5.59. The number of rotatable bonds is 5. The van der Waals surface area contributed by atoms with E-state index in [0.29, 0.717) is 36.6 Å². The molecule has 1 aliphatic heterocycles. The van der Waals surface area contributed by atoms with Gasteiger partial charge in [0.05, 0.1) is 4.92 Å². The molecule has 0 spiro atoms. The molecule has 0 atom stereocenters. The van der Waals surface area contributed by atoms with Crippen molar-refractivity contribution in [1.82, 2.24) is 4.57 Å². The first kappa shape index (κ1) is 20.5. The molecule has 30 heavy (non-hydrogen) atoms. The zero-order valence-corrected chi connectivity index (χ0v) is 18.4. The third kappa shape index (κ3) is 3.71. The first-order chi connectivity index (χ1) is 14.4. The fourth-order valence-corrected chi connectivity index (χ4v) is 4.40. The van der Waals surface area contributed by atoms with Crippen molar-refractivity contribution in [2.24, 2.45) is 0 Å². The Balaban J connectivity index is 1.85. The first-order valence-electron chi connectivity index (χ1n) is 9.50. The van der Waals surface area contributed by atoms with Gasteiger partial charge < -0.3 is 4.90 Å². The van der Waals surface area contributed by atoms with E-state index in [-0.39, 0.29) is 23.2 Å². The summed E-state index contributed by atoms with van der Waals surface area (Å²) in [5.41, 5.74) is 1.53. The van der Waals surface area contributed by atoms with E-state index in [9.17, 15) is 19.3 Å². The minimum Gasteiger partial charge on any atom is -0.346 e. The van der Waals surface area contributed by atoms with Crippen LogP contribution < -0.4 is 10.5 Å². The predicted molar refractivity (Wildman–Crippen MR) is 122 cm³/mol. The molecule has 0 unspecified atom stereocenters. The molecule has 0 radical (unpaired) electrons. The molecule has 4 rings (SSSR count). The normalized spacial score (nSPS) is 12.8. The van der Waals surface area contributed by atoms with Crippen LogP contribution in [0.4, 0.5) is 15.9 Å². The zero-order valence-electron chi connectivity index (χ0n) is 16.3. The van der Waals surface area contributed by atoms with Gasteiger partial charge in [0.1, 0.15) is 5.82 Å². The van der Waals surface area contributed by atoms with Crippen LogP contribution in [0, 0.1) is 26.4 Å². The van der Waals surface area contributed by atoms with Crippen molar-refractivity contribution in [3.63, 3.8) is 0 Å². The summed E-state index contributed by atoms with van der Waals surface area (Å²) in [6.07, 6.45) is -0.00679. The SMILES string of the molecule is Cc1c(Cc2ccc(I)cc2F)c([N+](=O)[O-])c2n(c1=O)CCN2Cc1ccccc1. The maximum atomic E-state index is 14.5. The Morgan fingerprint density at radius 3 is 2.57 bits per heavy atom. The van der Waals surface area contributed by atoms with Gasteiger partial charge in [0, 0.05) is 40.8 Å². The molecular formula is C22H19FIN3O3. The Morgan fingerprint density at radius 1 is 1.17 bits per heavy atom. The van der Waals surface area contributed by atoms with E-state index in [1.807, 2.05) is 57.8 Å². The lowest BCUT2D eigenvalue weighted by atomic mass is 9.99. The van der Waals surface area contributed by atoms with Crippen molar-refractivity contribution in [2.45, 2.75) is 26.4 Å². The number of nitro groups is 1. The van der Waals surface area contributed by atoms with Gasteiger partial charge in [-0.15, -0.1) is 0 Å². The molecule has 2 aromatic carbocycles. The molecule has 0 fully saturated rings. The second-order valence-corrected chi connectivity index (χ2v) is 8.55. The van der Waals surface area contributed by atoms with E-state index in [4.69, 9.17) is 0 Å². The summed E-state index contributed by atoms with van der Waals surface area (Å²) in [6, 6.07) is 14.4. The second-order valence-electron chi connectivity index (χ2n) is 7.31. The number of halogens is 2. The Morgan fingerprint density at radius 2 is 1.90 bits per heavy atom. The smallest absolute Gasteiger partial charge is 0.313 e. The molecular weight excluding hydrogens is 500 g/mol. The molecule has 0 aliphatic carbocycles. The average molecular weight is 519 g/mol. The van der Waals surface area contributed by atoms with Gasteiger partial charge in [0.25, 0.3) is 5.56 Å². The Bertz CT molecular complexity index is 1190. The zero-order chi connectivity index (χ0) is 21.4. The monoisotopic (exact) mass is 519 g/mol. The van der Waals surface area contributed by atoms with E-state index in [0.717, 1.165) is 9.13 Å². The number of nitrogens with zero attached hydrogens (tertiary/aromatic N) is 3. The molecule has 1 aromatic heterocycles. The van der Waals surface area contributed by atoms with E-state index in [1.54, 1.807) is 19.1 Å². The highest BCUT2D eigenvalue weighted by Crippen LogP contribution is 2.37. The number of hydrogen-bond acceptors (Lipinski definition) is 4. The maximum Gasteiger partial charge on any atom is 0.313 e. The van der Waals surface area contributed by atoms with Crippen molar-refractivity contribution in [3.05, 3.63) is 101 Å². The quantitative estimate of drug-likeness (QED) is 0.285. The number of aromatic nitrogens is 1. The number of hydrogen-bond donors (Lipinski definition) is 0. The highest BCUT2D eigenvalue weighted by Gasteiger charge is 2.35. The summed E-state index contributed by atoms with van der Waals surface area (Å²) in [6.45, 7) is 2.94. The molecule has 3 aromatic rings. The molecule has 0 N–H and O–H groups in total. The minimum atomic E-state index is -0.443. The van der Waals surface area contributed by atoms with Crippen LogP contribution in [-0.2, 0) is 19.5 Å². The summed E-state index contributed by atoms with van der Waals surface area (Å²) in [4.78, 5) is 26.6. The molecule has 0 saturated heterocycles. The average Bonchev–Trinajstić information content (AvgIpc) is 3.11. The number of benzene rings is 2. The van der Waals surface area contributed by atoms with Crippen molar-refractivity contribution < 1.29 is 9.31 Å². The highest BCUT2D eigenvalue weighted by atomic mass is 127. The molecule has 2 heterocycles. The van der Waals surface area contributed by atoms with Crippen LogP contribution in [0.1, 0.15) is 22.3 Å². The Hall–Kier alpha value is -2.75. The summed E-state index contributed by atoms with van der Waals surface area (Å²) >= 11 is 2.01. The molecule has 154 valence electrons. The lowest BCUT2D eigenvalue weighted by Crippen LogP contribution is -2.26. The van der Waals surface area contributed by atoms with Gasteiger partial charge in [-0.2, -0.15) is 0 Å². The molecule has 1 aliphatic rings. The van der Waals surface area contributed by atoms with Gasteiger partial charge in [0.15, 0.2) is 5.82 Å². The summed E-state index contributed by atoms with van der Waals surface area (Å²) in [5, 5.41) is 12.1. The predicted octanol–water partition coefficient (Wildman–Crippen LogP) is 4.42. The topological polar surface area (TPSA) is 68.4 Å². The van der Waals surface area contributed by atoms with Crippen molar-refractivity contribution in [3.8, 4) is 0 Å². The van der Waals surface area contributed by atoms with Crippen LogP contribution in [0.5, 0.6) is 0 Å². The molecule has 0 bridgehead atoms. The van der Waals surface area contributed by atoms with E-state index in [2.05, 4.69) is 0 Å². The number of anilines is 1. The van der Waals surface area contributed by atoms with E-state index in [1.165, 1.54) is 10.6 Å². The second kappa shape index (κ2) is 8.17. The molecule has 0 saturated carbocycles. The van der Waals surface area contributed by atoms with Gasteiger partial charge >= 0.3 is 5.69 Å². The molecule has 6 nitrogen and oxygen atoms in total. The van der Waals surface area contributed by atoms with Crippen LogP contribution in [-0.4, -0.2) is 16.0 Å². The standard InChI is InChI=1S/C22H19FIN3O3/c1-14-18(11-16-7-8-17(24)12-19(16)23)20(27(29)30)21-25(9-10-26(21)22(14)28)13-15-5-3-2-4-6-15/h2-8,12H,9-11,13H2,1H3. The highest BCUT2D eigenvalue weighted by molar-refractivity contribution is 14.1. The van der Waals surface area contributed by atoms with Crippen LogP contribution in [0.15, 0.2) is 53.3 Å². The summed E-state index contributed by atoms with van der Waals surface area (Å²) < 4.78 is 16.7. The maximum absolute atomic E-state index is 14.5. The van der Waals surface area contributed by atoms with E-state index >= 15 is 0 Å². The van der Waals surface area contributed by atoms with E-state index < -0.39 is 10.7 Å². The first-order valence-corrected chi connectivity index (χ1v) is 10.6. The van der Waals surface area contributed by atoms with Crippen LogP contribution >= 0.6 is 22.6 Å². The van der Waals surface area contributed by atoms with Crippen molar-refractivity contribution >= 4 is 34.1 Å². The van der Waals surface area contributed by atoms with Crippen LogP contribution in [0.25, 0.3) is 0 Å². The fraction of sp³-hybridized carbons (Fsp3) is 0.227. The van der Waals surface area contributed by atoms with Gasteiger partial charge in [-0.05, 0) is 52.8 Å². The number of pyridine rings is 1. The minimum absolute atomic E-state index is 0.00679. The molecule has 8 heteroatoms. The van der Waals surface area contributed by atoms with Gasteiger partial charge in [-0.25, -0.2) is 4.39 Å². The Labute approximate surface area is 186 Å².